The van der Waals surface area contributed by atoms with Crippen LogP contribution in [0.25, 0.3) is 0 Å². The average Bonchev–Trinajstić information content (AvgIpc) is 2.54. The number of sulfonamides is 1. The highest BCUT2D eigenvalue weighted by Gasteiger charge is 2.24. The van der Waals surface area contributed by atoms with Gasteiger partial charge in [-0.2, -0.15) is 0 Å². The summed E-state index contributed by atoms with van der Waals surface area (Å²) in [5, 5.41) is 0.387. The standard InChI is InChI=1S/C13H14ClN3O3S2/c1-17(13-15-7-9(20-2)8-16-13)22(18,19)10-4-5-12(21-3)11(14)6-10/h4-8H,1-3H3. The van der Waals surface area contributed by atoms with Gasteiger partial charge in [-0.15, -0.1) is 11.8 Å². The monoisotopic (exact) mass is 359 g/mol. The Labute approximate surface area is 138 Å². The Morgan fingerprint density at radius 1 is 1.27 bits per heavy atom. The van der Waals surface area contributed by atoms with Gasteiger partial charge in [0.05, 0.1) is 29.4 Å². The van der Waals surface area contributed by atoms with Crippen LogP contribution in [-0.4, -0.2) is 38.8 Å². The summed E-state index contributed by atoms with van der Waals surface area (Å²) < 4.78 is 31.1. The summed E-state index contributed by atoms with van der Waals surface area (Å²) in [5.41, 5.74) is 0. The van der Waals surface area contributed by atoms with Gasteiger partial charge in [0.15, 0.2) is 5.75 Å². The maximum Gasteiger partial charge on any atom is 0.266 e. The highest BCUT2D eigenvalue weighted by atomic mass is 35.5. The first-order valence-corrected chi connectivity index (χ1v) is 9.13. The zero-order valence-electron chi connectivity index (χ0n) is 12.1. The van der Waals surface area contributed by atoms with Crippen LogP contribution in [0, 0.1) is 0 Å². The third-order valence-corrected chi connectivity index (χ3v) is 5.87. The van der Waals surface area contributed by atoms with Crippen molar-refractivity contribution in [1.82, 2.24) is 9.97 Å². The summed E-state index contributed by atoms with van der Waals surface area (Å²) in [4.78, 5) is 8.83. The number of halogens is 1. The molecule has 0 unspecified atom stereocenters. The fraction of sp³-hybridized carbons (Fsp3) is 0.231. The molecule has 0 bridgehead atoms. The third kappa shape index (κ3) is 3.29. The predicted molar refractivity (Wildman–Crippen MR) is 87.4 cm³/mol. The first-order chi connectivity index (χ1) is 10.4. The number of benzene rings is 1. The Bertz CT molecular complexity index is 767. The molecule has 6 nitrogen and oxygen atoms in total. The van der Waals surface area contributed by atoms with Gasteiger partial charge in [0.25, 0.3) is 10.0 Å². The number of hydrogen-bond donors (Lipinski definition) is 0. The minimum absolute atomic E-state index is 0.0471. The largest absolute Gasteiger partial charge is 0.494 e. The molecule has 0 saturated heterocycles. The molecule has 0 N–H and O–H groups in total. The number of thioether (sulfide) groups is 1. The van der Waals surface area contributed by atoms with Crippen LogP contribution in [0.1, 0.15) is 0 Å². The minimum Gasteiger partial charge on any atom is -0.494 e. The molecule has 0 radical (unpaired) electrons. The van der Waals surface area contributed by atoms with Crippen LogP contribution in [0.15, 0.2) is 40.4 Å². The zero-order chi connectivity index (χ0) is 16.3. The molecule has 0 atom stereocenters. The van der Waals surface area contributed by atoms with Crippen molar-refractivity contribution in [2.24, 2.45) is 0 Å². The molecular weight excluding hydrogens is 346 g/mol. The van der Waals surface area contributed by atoms with Gasteiger partial charge in [-0.1, -0.05) is 11.6 Å². The van der Waals surface area contributed by atoms with Crippen LogP contribution < -0.4 is 9.04 Å². The molecule has 0 aliphatic carbocycles. The Kier molecular flexibility index (Phi) is 5.15. The minimum atomic E-state index is -3.79. The van der Waals surface area contributed by atoms with E-state index in [1.807, 2.05) is 6.26 Å². The van der Waals surface area contributed by atoms with Crippen molar-refractivity contribution in [2.75, 3.05) is 24.7 Å². The summed E-state index contributed by atoms with van der Waals surface area (Å²) in [6.45, 7) is 0. The van der Waals surface area contributed by atoms with Crippen molar-refractivity contribution >= 4 is 39.3 Å². The number of anilines is 1. The van der Waals surface area contributed by atoms with E-state index in [4.69, 9.17) is 16.3 Å². The van der Waals surface area contributed by atoms with Gasteiger partial charge < -0.3 is 4.74 Å². The summed E-state index contributed by atoms with van der Waals surface area (Å²) in [6, 6.07) is 4.60. The number of aromatic nitrogens is 2. The fourth-order valence-corrected chi connectivity index (χ4v) is 3.72. The molecule has 0 amide bonds. The number of nitrogens with zero attached hydrogens (tertiary/aromatic N) is 3. The van der Waals surface area contributed by atoms with Gasteiger partial charge in [0.1, 0.15) is 0 Å². The molecule has 118 valence electrons. The Hall–Kier alpha value is -1.51. The zero-order valence-corrected chi connectivity index (χ0v) is 14.5. The Balaban J connectivity index is 2.37. The predicted octanol–water partition coefficient (Wildman–Crippen LogP) is 2.69. The van der Waals surface area contributed by atoms with Gasteiger partial charge in [-0.25, -0.2) is 22.7 Å². The Morgan fingerprint density at radius 3 is 2.41 bits per heavy atom. The van der Waals surface area contributed by atoms with Gasteiger partial charge in [-0.3, -0.25) is 0 Å². The molecule has 1 aromatic heterocycles. The van der Waals surface area contributed by atoms with Crippen LogP contribution in [0.3, 0.4) is 0 Å². The van der Waals surface area contributed by atoms with Gasteiger partial charge >= 0.3 is 0 Å². The second kappa shape index (κ2) is 6.72. The molecule has 0 aliphatic heterocycles. The van der Waals surface area contributed by atoms with Gasteiger partial charge in [0.2, 0.25) is 5.95 Å². The highest BCUT2D eigenvalue weighted by molar-refractivity contribution is 7.98. The topological polar surface area (TPSA) is 72.4 Å². The molecule has 2 rings (SSSR count). The summed E-state index contributed by atoms with van der Waals surface area (Å²) in [7, 11) is -0.923. The van der Waals surface area contributed by atoms with Gasteiger partial charge in [-0.05, 0) is 24.5 Å². The SMILES string of the molecule is COc1cnc(N(C)S(=O)(=O)c2ccc(SC)c(Cl)c2)nc1. The van der Waals surface area contributed by atoms with E-state index in [0.29, 0.717) is 10.8 Å². The maximum atomic E-state index is 12.6. The summed E-state index contributed by atoms with van der Waals surface area (Å²) in [5.74, 6) is 0.493. The van der Waals surface area contributed by atoms with Crippen molar-refractivity contribution in [3.05, 3.63) is 35.6 Å². The average molecular weight is 360 g/mol. The smallest absolute Gasteiger partial charge is 0.266 e. The van der Waals surface area contributed by atoms with E-state index in [0.717, 1.165) is 9.20 Å². The second-order valence-electron chi connectivity index (χ2n) is 4.19. The highest BCUT2D eigenvalue weighted by Crippen LogP contribution is 2.29. The molecule has 1 aromatic carbocycles. The van der Waals surface area contributed by atoms with Gasteiger partial charge in [0, 0.05) is 11.9 Å². The number of rotatable bonds is 5. The third-order valence-electron chi connectivity index (χ3n) is 2.91. The molecule has 0 saturated carbocycles. The van der Waals surface area contributed by atoms with Crippen molar-refractivity contribution in [3.63, 3.8) is 0 Å². The maximum absolute atomic E-state index is 12.6. The second-order valence-corrected chi connectivity index (χ2v) is 7.42. The van der Waals surface area contributed by atoms with Crippen LogP contribution >= 0.6 is 23.4 Å². The molecule has 0 aliphatic rings. The van der Waals surface area contributed by atoms with E-state index in [2.05, 4.69) is 9.97 Å². The van der Waals surface area contributed by atoms with Crippen molar-refractivity contribution in [2.45, 2.75) is 9.79 Å². The normalized spacial score (nSPS) is 11.3. The fourth-order valence-electron chi connectivity index (χ4n) is 1.65. The van der Waals surface area contributed by atoms with Crippen LogP contribution in [-0.2, 0) is 10.0 Å². The molecule has 0 spiro atoms. The van der Waals surface area contributed by atoms with Crippen LogP contribution in [0.4, 0.5) is 5.95 Å². The summed E-state index contributed by atoms with van der Waals surface area (Å²) >= 11 is 7.52. The summed E-state index contributed by atoms with van der Waals surface area (Å²) in [6.07, 6.45) is 4.67. The lowest BCUT2D eigenvalue weighted by Gasteiger charge is -2.17. The van der Waals surface area contributed by atoms with E-state index in [-0.39, 0.29) is 10.8 Å². The molecule has 2 aromatic rings. The van der Waals surface area contributed by atoms with E-state index >= 15 is 0 Å². The number of ether oxygens (including phenoxy) is 1. The lowest BCUT2D eigenvalue weighted by molar-refractivity contribution is 0.411. The lowest BCUT2D eigenvalue weighted by Crippen LogP contribution is -2.28. The molecule has 22 heavy (non-hydrogen) atoms. The molecule has 0 fully saturated rings. The van der Waals surface area contributed by atoms with Crippen molar-refractivity contribution in [3.8, 4) is 5.75 Å². The van der Waals surface area contributed by atoms with E-state index in [1.165, 1.54) is 50.4 Å². The molecule has 9 heteroatoms. The molecular formula is C13H14ClN3O3S2. The lowest BCUT2D eigenvalue weighted by atomic mass is 10.4. The van der Waals surface area contributed by atoms with E-state index < -0.39 is 10.0 Å². The van der Waals surface area contributed by atoms with Crippen LogP contribution in [0.5, 0.6) is 5.75 Å². The van der Waals surface area contributed by atoms with Crippen LogP contribution in [0.2, 0.25) is 5.02 Å². The Morgan fingerprint density at radius 2 is 1.91 bits per heavy atom. The quantitative estimate of drug-likeness (QED) is 0.764. The number of hydrogen-bond acceptors (Lipinski definition) is 6. The molecule has 1 heterocycles. The van der Waals surface area contributed by atoms with Crippen molar-refractivity contribution < 1.29 is 13.2 Å². The van der Waals surface area contributed by atoms with E-state index in [9.17, 15) is 8.42 Å². The number of methoxy groups -OCH3 is 1. The van der Waals surface area contributed by atoms with E-state index in [1.54, 1.807) is 6.07 Å². The first kappa shape index (κ1) is 16.9. The van der Waals surface area contributed by atoms with Crippen molar-refractivity contribution in [1.29, 1.82) is 0 Å². The first-order valence-electron chi connectivity index (χ1n) is 6.08.